The zero-order valence-corrected chi connectivity index (χ0v) is 68.8. The number of nitrogens with one attached hydrogen (secondary N) is 6. The van der Waals surface area contributed by atoms with Gasteiger partial charge in [-0.3, -0.25) is 61.1 Å². The smallest absolute Gasteiger partial charge is 0.327 e. The predicted octanol–water partition coefficient (Wildman–Crippen LogP) is -0.818. The van der Waals surface area contributed by atoms with Gasteiger partial charge < -0.3 is 57.2 Å². The molecule has 4 heterocycles. The minimum Gasteiger partial charge on any atom is -0.480 e. The van der Waals surface area contributed by atoms with E-state index < -0.39 is 245 Å². The van der Waals surface area contributed by atoms with Gasteiger partial charge in [-0.05, 0) is 108 Å². The van der Waals surface area contributed by atoms with E-state index in [1.165, 1.54) is 97.9 Å². The Morgan fingerprint density at radius 3 is 1.43 bits per heavy atom. The molecule has 0 aliphatic carbocycles. The second kappa shape index (κ2) is 36.0. The van der Waals surface area contributed by atoms with Crippen molar-refractivity contribution in [1.29, 1.82) is 0 Å². The van der Waals surface area contributed by atoms with Crippen LogP contribution in [0.5, 0.6) is 0 Å². The average Bonchev–Trinajstić information content (AvgIpc) is 1.56. The molecule has 120 heavy (non-hydrogen) atoms. The van der Waals surface area contributed by atoms with Gasteiger partial charge in [-0.25, -0.2) is 32.7 Å². The lowest BCUT2D eigenvalue weighted by molar-refractivity contribution is -0.437. The molecule has 2 aliphatic heterocycles. The third-order valence-corrected chi connectivity index (χ3v) is 24.9. The Labute approximate surface area is 684 Å². The first-order valence-corrected chi connectivity index (χ1v) is 46.2. The van der Waals surface area contributed by atoms with E-state index in [1.807, 2.05) is 21.3 Å². The zero-order chi connectivity index (χ0) is 89.9. The van der Waals surface area contributed by atoms with E-state index in [2.05, 4.69) is 25.8 Å². The number of nitrogens with zero attached hydrogens (tertiary/aromatic N) is 5. The molecule has 6 aromatic rings. The van der Waals surface area contributed by atoms with Crippen LogP contribution in [-0.2, 0) is 106 Å². The summed E-state index contributed by atoms with van der Waals surface area (Å²) >= 11 is 0.431. The number of carbonyl (C=O) groups excluding carboxylic acids is 6. The second-order valence-electron chi connectivity index (χ2n) is 27.7. The van der Waals surface area contributed by atoms with Crippen molar-refractivity contribution in [3.8, 4) is 0 Å². The van der Waals surface area contributed by atoms with E-state index >= 15 is 0 Å². The first-order valence-electron chi connectivity index (χ1n) is 34.2. The molecule has 0 fully saturated rings. The number of sulfonamides is 1. The number of carboxylic acid groups (broad SMARTS) is 4. The van der Waals surface area contributed by atoms with Crippen molar-refractivity contribution in [3.63, 3.8) is 0 Å². The van der Waals surface area contributed by atoms with Gasteiger partial charge in [0.15, 0.2) is 5.71 Å². The highest BCUT2D eigenvalue weighted by Gasteiger charge is 2.47. The molecular weight excluding hydrogens is 1760 g/mol. The van der Waals surface area contributed by atoms with E-state index in [9.17, 15) is 155 Å². The molecule has 0 saturated carbocycles. The first kappa shape index (κ1) is 94.4. The molecule has 0 bridgehead atoms. The molecule has 4 unspecified atom stereocenters. The quantitative estimate of drug-likeness (QED) is 0.00975. The third kappa shape index (κ3) is 24.3. The number of anilines is 2. The number of aromatic nitrogens is 3. The molecule has 8 rings (SSSR count). The largest absolute Gasteiger partial charge is 0.480 e. The summed E-state index contributed by atoms with van der Waals surface area (Å²) in [5.74, 6) is -23.8. The van der Waals surface area contributed by atoms with E-state index in [0.717, 1.165) is 30.5 Å². The maximum atomic E-state index is 14.5. The van der Waals surface area contributed by atoms with E-state index in [4.69, 9.17) is 5.14 Å². The molecule has 2 aromatic heterocycles. The van der Waals surface area contributed by atoms with Crippen LogP contribution in [0.4, 0.5) is 16.5 Å². The highest BCUT2D eigenvalue weighted by Crippen LogP contribution is 2.52. The molecule has 2 aliphatic rings. The fourth-order valence-electron chi connectivity index (χ4n) is 13.0. The molecule has 0 spiro atoms. The average molecular weight is 1830 g/mol. The number of pyridine rings is 1. The zero-order valence-electron chi connectivity index (χ0n) is 62.3. The van der Waals surface area contributed by atoms with Crippen LogP contribution in [0.25, 0.3) is 27.1 Å². The van der Waals surface area contributed by atoms with Gasteiger partial charge in [0.2, 0.25) is 21.1 Å². The number of benzene rings is 4. The number of hydrogen-bond donors (Lipinski definition) is 17. The first-order chi connectivity index (χ1) is 55.1. The van der Waals surface area contributed by atoms with Crippen LogP contribution in [0.1, 0.15) is 116 Å². The molecule has 4 aromatic carbocycles. The van der Waals surface area contributed by atoms with Gasteiger partial charge in [0, 0.05) is 94.5 Å². The fraction of sp³-hybridized carbons (Fsp3) is 0.333. The van der Waals surface area contributed by atoms with Gasteiger partial charge in [-0.15, -0.1) is 10.2 Å². The molecule has 4 atom stereocenters. The van der Waals surface area contributed by atoms with Crippen molar-refractivity contribution < 1.29 is 159 Å². The number of carboxylic acids is 4. The normalized spacial score (nSPS) is 15.8. The number of allylic oxidation sites excluding steroid dienone is 6. The number of carbonyl (C=O) groups is 10. The van der Waals surface area contributed by atoms with Gasteiger partial charge in [-0.1, -0.05) is 37.3 Å². The summed E-state index contributed by atoms with van der Waals surface area (Å²) in [6.45, 7) is 5.04. The molecule has 0 saturated heterocycles. The highest BCUT2D eigenvalue weighted by molar-refractivity contribution is 7.91. The predicted molar refractivity (Wildman–Crippen MR) is 421 cm³/mol. The number of hydrogen-bond acceptors (Lipinski definition) is 29. The van der Waals surface area contributed by atoms with Gasteiger partial charge in [0.25, 0.3) is 100 Å². The minimum absolute atomic E-state index is 0.00718. The number of rotatable bonds is 38. The van der Waals surface area contributed by atoms with Gasteiger partial charge in [0.1, 0.15) is 53.7 Å². The number of fused-ring (bicyclic) bond motifs is 6. The summed E-state index contributed by atoms with van der Waals surface area (Å²) in [4.78, 5) is 140. The molecule has 46 nitrogen and oxygen atoms in total. The summed E-state index contributed by atoms with van der Waals surface area (Å²) in [5.41, 5.74) is -5.53. The summed E-state index contributed by atoms with van der Waals surface area (Å²) in [6.07, 6.45) is 5.40. The Hall–Kier alpha value is -11.1. The van der Waals surface area contributed by atoms with Crippen molar-refractivity contribution in [2.75, 3.05) is 64.4 Å². The van der Waals surface area contributed by atoms with E-state index in [-0.39, 0.29) is 97.1 Å². The lowest BCUT2D eigenvalue weighted by atomic mass is 9.78. The maximum Gasteiger partial charge on any atom is 0.327 e. The van der Waals surface area contributed by atoms with Crippen LogP contribution in [0, 0.1) is 0 Å². The molecule has 648 valence electrons. The summed E-state index contributed by atoms with van der Waals surface area (Å²) in [7, 11) is -34.6. The molecule has 6 amide bonds. The number of primary sulfonamides is 1. The topological polar surface area (TPSA) is 755 Å². The van der Waals surface area contributed by atoms with Crippen LogP contribution in [0.3, 0.4) is 0 Å². The molecule has 54 heteroatoms. The maximum absolute atomic E-state index is 14.5. The van der Waals surface area contributed by atoms with Crippen molar-refractivity contribution in [2.24, 2.45) is 5.14 Å². The Balaban J connectivity index is 1.38. The van der Waals surface area contributed by atoms with Gasteiger partial charge in [-0.2, -0.15) is 55.1 Å². The fourth-order valence-corrected chi connectivity index (χ4v) is 18.0. The monoisotopic (exact) mass is 1830 g/mol. The Morgan fingerprint density at radius 1 is 0.533 bits per heavy atom. The van der Waals surface area contributed by atoms with Crippen LogP contribution < -0.4 is 41.9 Å². The molecule has 0 radical (unpaired) electrons. The van der Waals surface area contributed by atoms with Crippen LogP contribution >= 0.6 is 11.3 Å². The summed E-state index contributed by atoms with van der Waals surface area (Å²) < 4.78 is 229. The van der Waals surface area contributed by atoms with Gasteiger partial charge >= 0.3 is 23.9 Å². The Kier molecular flexibility index (Phi) is 28.3. The second-order valence-corrected chi connectivity index (χ2v) is 39.6. The summed E-state index contributed by atoms with van der Waals surface area (Å²) in [6, 6.07) is 1.73. The van der Waals surface area contributed by atoms with Gasteiger partial charge in [0.05, 0.1) is 28.2 Å². The van der Waals surface area contributed by atoms with Crippen LogP contribution in [0.2, 0.25) is 0 Å². The van der Waals surface area contributed by atoms with Crippen LogP contribution in [0.15, 0.2) is 101 Å². The lowest BCUT2D eigenvalue weighted by Crippen LogP contribution is -2.46. The SMILES string of the molecule is CC1(C)C(=CC=C(C=CC2=[N+](CCCS(=O)(=O)O)c3ccc4c(C(=O)NC(CS(=O)(=O)O)C(=O)O)cc(C(=O)NC(CS(=O)(=O)O)C(=O)O)cc4c3C2(C)C)c2ccc(C(=O)NCCC(=O)Nc3nnc(S(N)(=O)=O)s3)cn2)N(CCCS(=O)(=O)O)c2ccc3c(C(=O)NC(CS(=O)(=O)O)C(=O)O)cc(C(=O)NC(CS(=O)(=O)O)C(=O)O)cc3c21. The van der Waals surface area contributed by atoms with Crippen molar-refractivity contribution in [3.05, 3.63) is 141 Å². The highest BCUT2D eigenvalue weighted by atomic mass is 32.3. The standard InChI is InChI=1S/C66H72N12O34S8/c1-65(2)49(77(19-5-21-114(93,94)95)47-13-10-36-38(52(47)65)23-34(55(81)70-43(59(85)86)28-116(99,100)101)25-40(36)57(83)72-45(61(89)90)30-118(105,106)107)15-8-32(42-12-7-33(27-69-42)54(80)68-18-17-51(79)74-63-75-76-64(113-63)120(67,111)112)9-16-50-66(3,4)53-39-24-35(56(82)71-44(60(87)88)29-117(102,103)104)26-41(58(84)73-46(62(91)92)31-119(108,109)110)37(39)11-14-48(53)78(50)20-6-22-115(96,97)98/h7-16,23-27,43-46H,5-6,17-22,28-31H2,1-4H3,(H17-,67,68,70,71,72,73,74,75,79,80,81,82,83,84,85,86,87,88,89,90,91,92,93,94,95,96,97,98,99,100,101,102,103,104,105,106,107,108,109,110,111,112)/p+1. The van der Waals surface area contributed by atoms with Crippen molar-refractivity contribution in [2.45, 2.75) is 86.3 Å². The lowest BCUT2D eigenvalue weighted by Gasteiger charge is -2.27. The van der Waals surface area contributed by atoms with E-state index in [0.29, 0.717) is 11.3 Å². The Bertz CT molecular complexity index is 6290. The third-order valence-electron chi connectivity index (χ3n) is 18.1. The molecular formula is C66H73N12O34S8+. The number of aliphatic carboxylic acids is 4. The van der Waals surface area contributed by atoms with Crippen molar-refractivity contribution in [1.82, 2.24) is 41.8 Å². The summed E-state index contributed by atoms with van der Waals surface area (Å²) in [5, 5.41) is 63.5. The minimum atomic E-state index is -5.19. The molecule has 18 N–H and O–H groups in total. The number of amides is 6. The van der Waals surface area contributed by atoms with E-state index in [1.54, 1.807) is 0 Å². The van der Waals surface area contributed by atoms with Crippen LogP contribution in [-0.4, -0.2) is 270 Å². The number of nitrogens with two attached hydrogens (primary N) is 1. The van der Waals surface area contributed by atoms with Crippen molar-refractivity contribution >= 4 is 191 Å². The Morgan fingerprint density at radius 2 is 0.992 bits per heavy atom.